The van der Waals surface area contributed by atoms with E-state index in [9.17, 15) is 4.79 Å². The molecule has 1 fully saturated rings. The first-order valence-electron chi connectivity index (χ1n) is 14.2. The van der Waals surface area contributed by atoms with E-state index in [0.29, 0.717) is 13.0 Å². The summed E-state index contributed by atoms with van der Waals surface area (Å²) in [5.41, 5.74) is 0. The second-order valence-corrected chi connectivity index (χ2v) is 20.5. The van der Waals surface area contributed by atoms with Crippen LogP contribution < -0.4 is 15.6 Å². The number of esters is 1. The number of ether oxygens (including phenoxy) is 1. The van der Waals surface area contributed by atoms with Crippen LogP contribution in [0.2, 0.25) is 18.1 Å². The van der Waals surface area contributed by atoms with Gasteiger partial charge in [-0.2, -0.15) is 0 Å². The minimum atomic E-state index is -2.81. The second-order valence-electron chi connectivity index (χ2n) is 12.4. The standard InChI is InChI=1S/C33H44O4Si2/c1-25-30(36-32(34)26(2)31(25)37-38(6,7)33(3,4)5)23-24-35-39(27-17-11-8-12-18-27,28-19-13-9-14-20-28)29-21-15-10-16-22-29/h8-22,25-26,30-31H,23-24H2,1-7H3/t25-,26-,30-,31-/m0/s1. The third-order valence-corrected chi connectivity index (χ3v) is 17.3. The van der Waals surface area contributed by atoms with Gasteiger partial charge in [-0.15, -0.1) is 0 Å². The van der Waals surface area contributed by atoms with E-state index in [1.165, 1.54) is 15.6 Å². The van der Waals surface area contributed by atoms with Crippen molar-refractivity contribution in [3.05, 3.63) is 91.0 Å². The number of carbonyl (C=O) groups excluding carboxylic acids is 1. The van der Waals surface area contributed by atoms with Gasteiger partial charge in [0.25, 0.3) is 8.32 Å². The zero-order valence-corrected chi connectivity index (χ0v) is 26.5. The van der Waals surface area contributed by atoms with E-state index < -0.39 is 16.6 Å². The maximum atomic E-state index is 13.0. The fourth-order valence-corrected chi connectivity index (χ4v) is 10.7. The minimum Gasteiger partial charge on any atom is -0.462 e. The van der Waals surface area contributed by atoms with Gasteiger partial charge >= 0.3 is 5.97 Å². The Morgan fingerprint density at radius 2 is 1.21 bits per heavy atom. The Labute approximate surface area is 237 Å². The van der Waals surface area contributed by atoms with Crippen LogP contribution >= 0.6 is 0 Å². The lowest BCUT2D eigenvalue weighted by atomic mass is 9.85. The normalized spacial score (nSPS) is 22.4. The largest absolute Gasteiger partial charge is 0.462 e. The average Bonchev–Trinajstić information content (AvgIpc) is 2.93. The van der Waals surface area contributed by atoms with Crippen LogP contribution in [0.5, 0.6) is 0 Å². The van der Waals surface area contributed by atoms with E-state index in [-0.39, 0.29) is 35.1 Å². The van der Waals surface area contributed by atoms with Crippen molar-refractivity contribution in [1.82, 2.24) is 0 Å². The van der Waals surface area contributed by atoms with E-state index in [4.69, 9.17) is 13.6 Å². The summed E-state index contributed by atoms with van der Waals surface area (Å²) in [4.78, 5) is 13.0. The van der Waals surface area contributed by atoms with Gasteiger partial charge in [-0.05, 0) is 40.6 Å². The topological polar surface area (TPSA) is 44.8 Å². The third-order valence-electron chi connectivity index (χ3n) is 8.74. The molecule has 208 valence electrons. The van der Waals surface area contributed by atoms with Gasteiger partial charge in [0.1, 0.15) is 6.10 Å². The van der Waals surface area contributed by atoms with Crippen LogP contribution in [0.15, 0.2) is 91.0 Å². The molecule has 0 unspecified atom stereocenters. The van der Waals surface area contributed by atoms with Gasteiger partial charge in [0.15, 0.2) is 8.32 Å². The monoisotopic (exact) mass is 560 g/mol. The number of benzene rings is 3. The third kappa shape index (κ3) is 6.14. The molecule has 3 aromatic carbocycles. The Balaban J connectivity index is 1.62. The lowest BCUT2D eigenvalue weighted by molar-refractivity contribution is -0.176. The van der Waals surface area contributed by atoms with Crippen molar-refractivity contribution in [3.8, 4) is 0 Å². The Kier molecular flexibility index (Phi) is 9.01. The van der Waals surface area contributed by atoms with E-state index in [1.54, 1.807) is 0 Å². The highest BCUT2D eigenvalue weighted by molar-refractivity contribution is 7.07. The second kappa shape index (κ2) is 11.9. The molecule has 0 aliphatic carbocycles. The van der Waals surface area contributed by atoms with Crippen molar-refractivity contribution in [3.63, 3.8) is 0 Å². The van der Waals surface area contributed by atoms with Gasteiger partial charge in [0, 0.05) is 18.9 Å². The van der Waals surface area contributed by atoms with Crippen molar-refractivity contribution in [2.75, 3.05) is 6.61 Å². The van der Waals surface area contributed by atoms with Crippen molar-refractivity contribution in [1.29, 1.82) is 0 Å². The predicted molar refractivity (Wildman–Crippen MR) is 165 cm³/mol. The first kappa shape index (κ1) is 29.5. The maximum Gasteiger partial charge on any atom is 0.311 e. The molecule has 1 aliphatic heterocycles. The molecule has 0 bridgehead atoms. The molecule has 0 radical (unpaired) electrons. The molecule has 3 aromatic rings. The number of carbonyl (C=O) groups is 1. The Hall–Kier alpha value is -2.52. The highest BCUT2D eigenvalue weighted by atomic mass is 28.4. The quantitative estimate of drug-likeness (QED) is 0.193. The van der Waals surface area contributed by atoms with Gasteiger partial charge in [0.2, 0.25) is 0 Å². The smallest absolute Gasteiger partial charge is 0.311 e. The average molecular weight is 561 g/mol. The highest BCUT2D eigenvalue weighted by Gasteiger charge is 2.48. The van der Waals surface area contributed by atoms with Crippen molar-refractivity contribution < 1.29 is 18.4 Å². The predicted octanol–water partition coefficient (Wildman–Crippen LogP) is 5.65. The Bertz CT molecular complexity index is 1110. The molecule has 0 spiro atoms. The van der Waals surface area contributed by atoms with E-state index in [0.717, 1.165) is 0 Å². The van der Waals surface area contributed by atoms with Crippen molar-refractivity contribution in [2.45, 2.75) is 71.4 Å². The molecule has 0 saturated carbocycles. The number of hydrogen-bond donors (Lipinski definition) is 0. The SMILES string of the molecule is C[C@@H]1[C@H](O[Si](C)(C)C(C)(C)C)[C@H](C)C(=O)O[C@H]1CCO[Si](c1ccccc1)(c1ccccc1)c1ccccc1. The van der Waals surface area contributed by atoms with E-state index in [2.05, 4.69) is 114 Å². The number of hydrogen-bond acceptors (Lipinski definition) is 4. The molecule has 6 heteroatoms. The highest BCUT2D eigenvalue weighted by Crippen LogP contribution is 2.41. The summed E-state index contributed by atoms with van der Waals surface area (Å²) in [6.07, 6.45) is 0.215. The van der Waals surface area contributed by atoms with E-state index in [1.807, 2.05) is 25.1 Å². The molecule has 4 atom stereocenters. The van der Waals surface area contributed by atoms with Crippen LogP contribution in [0, 0.1) is 11.8 Å². The summed E-state index contributed by atoms with van der Waals surface area (Å²) in [6.45, 7) is 15.8. The van der Waals surface area contributed by atoms with Crippen LogP contribution in [0.1, 0.15) is 41.0 Å². The molecule has 39 heavy (non-hydrogen) atoms. The summed E-state index contributed by atoms with van der Waals surface area (Å²) in [5, 5.41) is 3.66. The molecule has 4 nitrogen and oxygen atoms in total. The Morgan fingerprint density at radius 1 is 0.769 bits per heavy atom. The van der Waals surface area contributed by atoms with Crippen LogP contribution in [0.3, 0.4) is 0 Å². The molecule has 1 saturated heterocycles. The lowest BCUT2D eigenvalue weighted by Gasteiger charge is -2.46. The van der Waals surface area contributed by atoms with Gasteiger partial charge in [-0.3, -0.25) is 4.79 Å². The summed E-state index contributed by atoms with van der Waals surface area (Å²) in [5.74, 6) is -0.367. The number of rotatable bonds is 9. The molecular formula is C33H44O4Si2. The maximum absolute atomic E-state index is 13.0. The first-order valence-corrected chi connectivity index (χ1v) is 19.0. The fraction of sp³-hybridized carbons (Fsp3) is 0.424. The summed E-state index contributed by atoms with van der Waals surface area (Å²) >= 11 is 0. The molecule has 1 heterocycles. The molecule has 0 N–H and O–H groups in total. The van der Waals surface area contributed by atoms with Crippen LogP contribution in [0.25, 0.3) is 0 Å². The molecular weight excluding hydrogens is 517 g/mol. The van der Waals surface area contributed by atoms with Gasteiger partial charge in [0.05, 0.1) is 12.0 Å². The summed E-state index contributed by atoms with van der Waals surface area (Å²) < 4.78 is 19.9. The summed E-state index contributed by atoms with van der Waals surface area (Å²) in [7, 11) is -4.87. The van der Waals surface area contributed by atoms with E-state index >= 15 is 0 Å². The zero-order chi connectivity index (χ0) is 28.3. The first-order chi connectivity index (χ1) is 18.5. The van der Waals surface area contributed by atoms with Crippen LogP contribution in [-0.2, 0) is 18.4 Å². The van der Waals surface area contributed by atoms with Gasteiger partial charge < -0.3 is 13.6 Å². The van der Waals surface area contributed by atoms with Gasteiger partial charge in [-0.25, -0.2) is 0 Å². The van der Waals surface area contributed by atoms with Crippen molar-refractivity contribution >= 4 is 38.2 Å². The zero-order valence-electron chi connectivity index (χ0n) is 24.5. The fourth-order valence-electron chi connectivity index (χ4n) is 5.31. The summed E-state index contributed by atoms with van der Waals surface area (Å²) in [6, 6.07) is 31.7. The molecule has 1 aliphatic rings. The molecule has 4 rings (SSSR count). The Morgan fingerprint density at radius 3 is 1.62 bits per heavy atom. The van der Waals surface area contributed by atoms with Crippen LogP contribution in [-0.4, -0.2) is 41.4 Å². The molecule has 0 amide bonds. The van der Waals surface area contributed by atoms with Gasteiger partial charge in [-0.1, -0.05) is 119 Å². The number of cyclic esters (lactones) is 1. The lowest BCUT2D eigenvalue weighted by Crippen LogP contribution is -2.69. The van der Waals surface area contributed by atoms with Crippen molar-refractivity contribution in [2.24, 2.45) is 11.8 Å². The minimum absolute atomic E-state index is 0.0681. The molecule has 0 aromatic heterocycles. The van der Waals surface area contributed by atoms with Crippen LogP contribution in [0.4, 0.5) is 0 Å².